The van der Waals surface area contributed by atoms with E-state index in [4.69, 9.17) is 9.47 Å². The number of ether oxygens (including phenoxy) is 2. The molecule has 9 nitrogen and oxygen atoms in total. The molecule has 1 aromatic carbocycles. The highest BCUT2D eigenvalue weighted by Crippen LogP contribution is 2.19. The Labute approximate surface area is 330 Å². The van der Waals surface area contributed by atoms with Crippen LogP contribution in [-0.4, -0.2) is 62.8 Å². The van der Waals surface area contributed by atoms with E-state index in [1.807, 2.05) is 0 Å². The number of nitrogens with zero attached hydrogens (tertiary/aromatic N) is 1. The van der Waals surface area contributed by atoms with Crippen molar-refractivity contribution >= 4 is 23.3 Å². The summed E-state index contributed by atoms with van der Waals surface area (Å²) < 4.78 is 11.6. The molecule has 0 amide bonds. The van der Waals surface area contributed by atoms with Crippen LogP contribution < -0.4 is 21.5 Å². The summed E-state index contributed by atoms with van der Waals surface area (Å²) in [5.74, 6) is 0.448. The topological polar surface area (TPSA) is 114 Å². The van der Waals surface area contributed by atoms with Gasteiger partial charge in [0.2, 0.25) is 0 Å². The first-order valence-corrected chi connectivity index (χ1v) is 22.6. The maximum Gasteiger partial charge on any atom is 0.306 e. The fourth-order valence-electron chi connectivity index (χ4n) is 7.25. The molecule has 0 saturated carbocycles. The molecule has 54 heavy (non-hydrogen) atoms. The lowest BCUT2D eigenvalue weighted by molar-refractivity contribution is -0.150. The minimum atomic E-state index is -0.442. The molecule has 314 valence electrons. The molecule has 0 heterocycles. The first-order chi connectivity index (χ1) is 26.3. The number of esters is 2. The van der Waals surface area contributed by atoms with E-state index in [0.717, 1.165) is 129 Å². The molecule has 0 aliphatic rings. The molecule has 9 heteroatoms. The maximum absolute atomic E-state index is 12.6. The number of carbonyl (C=O) groups is 2. The molecule has 0 radical (unpaired) electrons. The highest BCUT2D eigenvalue weighted by Gasteiger charge is 2.19. The van der Waals surface area contributed by atoms with E-state index in [-0.39, 0.29) is 18.0 Å². The summed E-state index contributed by atoms with van der Waals surface area (Å²) >= 11 is 0. The first kappa shape index (κ1) is 49.6. The van der Waals surface area contributed by atoms with Crippen LogP contribution in [0.2, 0.25) is 0 Å². The van der Waals surface area contributed by atoms with Gasteiger partial charge in [-0.1, -0.05) is 118 Å². The molecule has 1 aromatic rings. The average Bonchev–Trinajstić information content (AvgIpc) is 3.17. The molecule has 0 unspecified atom stereocenters. The Morgan fingerprint density at radius 3 is 1.57 bits per heavy atom. The third-order valence-corrected chi connectivity index (χ3v) is 10.8. The molecule has 0 bridgehead atoms. The maximum atomic E-state index is 12.6. The third-order valence-electron chi connectivity index (χ3n) is 10.8. The fourth-order valence-corrected chi connectivity index (χ4v) is 7.25. The van der Waals surface area contributed by atoms with Crippen molar-refractivity contribution in [3.05, 3.63) is 20.4 Å². The van der Waals surface area contributed by atoms with Crippen LogP contribution in [0.15, 0.2) is 9.59 Å². The number of rotatable bonds is 39. The monoisotopic (exact) mass is 762 g/mol. The SMILES string of the molecule is CCCCCC(CCCCC)OC(=O)CCCCCCCN(CCCCCCCC(=O)OCC(CCCC)CCCC)CCCNc1c(NC)c(=O)c1=O. The Kier molecular flexibility index (Phi) is 31.1. The molecule has 0 atom stereocenters. The van der Waals surface area contributed by atoms with E-state index in [0.29, 0.717) is 43.3 Å². The molecule has 0 aliphatic heterocycles. The lowest BCUT2D eigenvalue weighted by atomic mass is 9.97. The van der Waals surface area contributed by atoms with Crippen LogP contribution in [0.4, 0.5) is 11.4 Å². The summed E-state index contributed by atoms with van der Waals surface area (Å²) in [6.07, 6.45) is 28.8. The zero-order chi connectivity index (χ0) is 39.7. The largest absolute Gasteiger partial charge is 0.465 e. The number of nitrogens with one attached hydrogen (secondary N) is 2. The van der Waals surface area contributed by atoms with Gasteiger partial charge < -0.3 is 25.0 Å². The van der Waals surface area contributed by atoms with Gasteiger partial charge in [-0.15, -0.1) is 0 Å². The minimum Gasteiger partial charge on any atom is -0.465 e. The number of hydrogen-bond donors (Lipinski definition) is 2. The van der Waals surface area contributed by atoms with Crippen molar-refractivity contribution in [3.63, 3.8) is 0 Å². The highest BCUT2D eigenvalue weighted by atomic mass is 16.5. The van der Waals surface area contributed by atoms with Gasteiger partial charge in [0.05, 0.1) is 6.61 Å². The smallest absolute Gasteiger partial charge is 0.306 e. The van der Waals surface area contributed by atoms with Crippen molar-refractivity contribution in [3.8, 4) is 0 Å². The lowest BCUT2D eigenvalue weighted by Gasteiger charge is -2.23. The van der Waals surface area contributed by atoms with Gasteiger partial charge in [-0.05, 0) is 96.2 Å². The minimum absolute atomic E-state index is 0.0213. The summed E-state index contributed by atoms with van der Waals surface area (Å²) in [5.41, 5.74) is -0.0686. The van der Waals surface area contributed by atoms with Gasteiger partial charge >= 0.3 is 11.9 Å². The number of carbonyl (C=O) groups excluding carboxylic acids is 2. The van der Waals surface area contributed by atoms with Crippen molar-refractivity contribution in [2.45, 2.75) is 207 Å². The predicted molar refractivity (Wildman–Crippen MR) is 228 cm³/mol. The Morgan fingerprint density at radius 2 is 1.04 bits per heavy atom. The number of unbranched alkanes of at least 4 members (excludes halogenated alkanes) is 14. The molecule has 0 spiro atoms. The zero-order valence-corrected chi connectivity index (χ0v) is 35.7. The van der Waals surface area contributed by atoms with Crippen molar-refractivity contribution in [1.29, 1.82) is 0 Å². The van der Waals surface area contributed by atoms with Gasteiger partial charge in [0, 0.05) is 26.4 Å². The lowest BCUT2D eigenvalue weighted by Crippen LogP contribution is -2.37. The second-order valence-corrected chi connectivity index (χ2v) is 15.8. The molecular weight excluding hydrogens is 679 g/mol. The summed E-state index contributed by atoms with van der Waals surface area (Å²) in [6, 6.07) is 0. The van der Waals surface area contributed by atoms with Crippen LogP contribution in [0.3, 0.4) is 0 Å². The van der Waals surface area contributed by atoms with Crippen molar-refractivity contribution in [2.75, 3.05) is 50.5 Å². The third kappa shape index (κ3) is 24.2. The molecule has 1 rings (SSSR count). The van der Waals surface area contributed by atoms with Gasteiger partial charge in [-0.25, -0.2) is 0 Å². The summed E-state index contributed by atoms with van der Waals surface area (Å²) in [6.45, 7) is 13.1. The van der Waals surface area contributed by atoms with Crippen molar-refractivity contribution in [2.24, 2.45) is 5.92 Å². The molecule has 2 N–H and O–H groups in total. The van der Waals surface area contributed by atoms with Gasteiger partial charge in [0.1, 0.15) is 17.5 Å². The van der Waals surface area contributed by atoms with Crippen LogP contribution >= 0.6 is 0 Å². The molecule has 0 saturated heterocycles. The number of anilines is 2. The summed E-state index contributed by atoms with van der Waals surface area (Å²) in [4.78, 5) is 51.1. The Morgan fingerprint density at radius 1 is 0.556 bits per heavy atom. The predicted octanol–water partition coefficient (Wildman–Crippen LogP) is 10.7. The van der Waals surface area contributed by atoms with Gasteiger partial charge in [0.15, 0.2) is 0 Å². The summed E-state index contributed by atoms with van der Waals surface area (Å²) in [5, 5.41) is 6.00. The van der Waals surface area contributed by atoms with E-state index >= 15 is 0 Å². The van der Waals surface area contributed by atoms with Crippen LogP contribution in [0.25, 0.3) is 0 Å². The molecule has 0 aliphatic carbocycles. The quantitative estimate of drug-likeness (QED) is 0.0384. The van der Waals surface area contributed by atoms with Crippen LogP contribution in [0.5, 0.6) is 0 Å². The zero-order valence-electron chi connectivity index (χ0n) is 35.7. The first-order valence-electron chi connectivity index (χ1n) is 22.6. The Hall–Kier alpha value is -2.42. The van der Waals surface area contributed by atoms with Crippen LogP contribution in [0, 0.1) is 5.92 Å². The van der Waals surface area contributed by atoms with Gasteiger partial charge in [-0.2, -0.15) is 0 Å². The van der Waals surface area contributed by atoms with E-state index in [9.17, 15) is 19.2 Å². The standard InChI is InChI=1S/C45H83N3O6/c1-6-10-20-29-39(30-21-11-7-2)54-41(50)32-23-17-15-19-25-35-48(36-26-33-47-43-42(46-5)44(51)45(43)52)34-24-18-14-16-22-31-40(49)53-37-38(27-12-8-3)28-13-9-4/h38-39,46-47H,6-37H2,1-5H3. The van der Waals surface area contributed by atoms with Crippen LogP contribution in [-0.2, 0) is 19.1 Å². The Balaban J connectivity index is 2.38. The second-order valence-electron chi connectivity index (χ2n) is 15.8. The van der Waals surface area contributed by atoms with E-state index in [1.165, 1.54) is 51.4 Å². The van der Waals surface area contributed by atoms with E-state index in [2.05, 4.69) is 43.2 Å². The molecule has 0 aromatic heterocycles. The highest BCUT2D eigenvalue weighted by molar-refractivity contribution is 5.73. The number of hydrogen-bond acceptors (Lipinski definition) is 9. The molecule has 0 fully saturated rings. The summed E-state index contributed by atoms with van der Waals surface area (Å²) in [7, 11) is 1.67. The van der Waals surface area contributed by atoms with Crippen LogP contribution in [0.1, 0.15) is 201 Å². The fraction of sp³-hybridized carbons (Fsp3) is 0.867. The Bertz CT molecular complexity index is 1120. The van der Waals surface area contributed by atoms with Gasteiger partial charge in [0.25, 0.3) is 10.9 Å². The van der Waals surface area contributed by atoms with Crippen molar-refractivity contribution < 1.29 is 19.1 Å². The second kappa shape index (κ2) is 33.9. The van der Waals surface area contributed by atoms with E-state index in [1.54, 1.807) is 7.05 Å². The van der Waals surface area contributed by atoms with Crippen molar-refractivity contribution in [1.82, 2.24) is 4.90 Å². The van der Waals surface area contributed by atoms with E-state index < -0.39 is 10.9 Å². The molecular formula is C45H83N3O6. The normalized spacial score (nSPS) is 11.6. The van der Waals surface area contributed by atoms with Gasteiger partial charge in [-0.3, -0.25) is 19.2 Å². The average molecular weight is 762 g/mol.